The largest absolute Gasteiger partial charge is 0.382 e. The van der Waals surface area contributed by atoms with Gasteiger partial charge < -0.3 is 10.1 Å². The number of benzene rings is 1. The average Bonchev–Trinajstić information content (AvgIpc) is 2.94. The molecule has 0 amide bonds. The van der Waals surface area contributed by atoms with Gasteiger partial charge in [0.2, 0.25) is 0 Å². The first-order valence-corrected chi connectivity index (χ1v) is 6.57. The van der Waals surface area contributed by atoms with Crippen LogP contribution >= 0.6 is 0 Å². The quantitative estimate of drug-likeness (QED) is 0.773. The predicted octanol–water partition coefficient (Wildman–Crippen LogP) is 1.95. The molecule has 2 aromatic rings. The van der Waals surface area contributed by atoms with Crippen molar-refractivity contribution in [3.63, 3.8) is 0 Å². The second-order valence-electron chi connectivity index (χ2n) is 4.23. The Hall–Kier alpha value is -1.72. The molecule has 0 spiro atoms. The molecule has 1 heterocycles. The molecule has 1 N–H and O–H groups in total. The van der Waals surface area contributed by atoms with Gasteiger partial charge in [0, 0.05) is 13.2 Å². The zero-order chi connectivity index (χ0) is 13.5. The van der Waals surface area contributed by atoms with Crippen LogP contribution in [0.3, 0.4) is 0 Å². The van der Waals surface area contributed by atoms with E-state index < -0.39 is 0 Å². The molecule has 0 fully saturated rings. The van der Waals surface area contributed by atoms with Gasteiger partial charge in [-0.05, 0) is 32.5 Å². The first-order chi connectivity index (χ1) is 9.36. The number of para-hydroxylation sites is 1. The summed E-state index contributed by atoms with van der Waals surface area (Å²) in [7, 11) is 1.94. The summed E-state index contributed by atoms with van der Waals surface area (Å²) in [4.78, 5) is 0. The lowest BCUT2D eigenvalue weighted by Gasteiger charge is -2.17. The molecule has 0 aliphatic carbocycles. The zero-order valence-corrected chi connectivity index (χ0v) is 11.4. The monoisotopic (exact) mass is 260 g/mol. The molecule has 0 aliphatic heterocycles. The maximum absolute atomic E-state index is 5.42. The van der Waals surface area contributed by atoms with Crippen molar-refractivity contribution in [2.75, 3.05) is 20.3 Å². The van der Waals surface area contributed by atoms with Gasteiger partial charge in [0.25, 0.3) is 0 Å². The Labute approximate surface area is 113 Å². The highest BCUT2D eigenvalue weighted by Gasteiger charge is 2.16. The number of nitrogens with one attached hydrogen (secondary N) is 1. The van der Waals surface area contributed by atoms with Gasteiger partial charge in [0.05, 0.1) is 23.6 Å². The zero-order valence-electron chi connectivity index (χ0n) is 11.4. The van der Waals surface area contributed by atoms with Crippen molar-refractivity contribution in [2.24, 2.45) is 0 Å². The maximum atomic E-state index is 5.42. The van der Waals surface area contributed by atoms with E-state index in [9.17, 15) is 0 Å². The van der Waals surface area contributed by atoms with Crippen LogP contribution in [0.5, 0.6) is 0 Å². The Morgan fingerprint density at radius 1 is 1.32 bits per heavy atom. The number of hydrogen-bond donors (Lipinski definition) is 1. The molecule has 102 valence electrons. The van der Waals surface area contributed by atoms with E-state index in [1.165, 1.54) is 0 Å². The minimum atomic E-state index is 0.182. The van der Waals surface area contributed by atoms with Crippen LogP contribution in [0.2, 0.25) is 0 Å². The molecule has 0 bridgehead atoms. The molecule has 0 saturated carbocycles. The van der Waals surface area contributed by atoms with E-state index in [0.717, 1.165) is 31.0 Å². The summed E-state index contributed by atoms with van der Waals surface area (Å²) in [5.74, 6) is 0. The predicted molar refractivity (Wildman–Crippen MR) is 74.3 cm³/mol. The van der Waals surface area contributed by atoms with Crippen LogP contribution in [-0.2, 0) is 4.74 Å². The van der Waals surface area contributed by atoms with Crippen molar-refractivity contribution >= 4 is 0 Å². The van der Waals surface area contributed by atoms with Gasteiger partial charge in [-0.2, -0.15) is 0 Å². The van der Waals surface area contributed by atoms with E-state index in [2.05, 4.69) is 15.6 Å². The summed E-state index contributed by atoms with van der Waals surface area (Å²) in [5.41, 5.74) is 2.07. The van der Waals surface area contributed by atoms with Gasteiger partial charge >= 0.3 is 0 Å². The van der Waals surface area contributed by atoms with Crippen molar-refractivity contribution in [1.29, 1.82) is 0 Å². The molecule has 1 aromatic heterocycles. The summed E-state index contributed by atoms with van der Waals surface area (Å²) in [5, 5.41) is 11.5. The van der Waals surface area contributed by atoms with Crippen molar-refractivity contribution in [3.8, 4) is 5.69 Å². The van der Waals surface area contributed by atoms with Gasteiger partial charge in [-0.25, -0.2) is 4.68 Å². The molecule has 1 unspecified atom stereocenters. The fourth-order valence-electron chi connectivity index (χ4n) is 2.04. The highest BCUT2D eigenvalue weighted by atomic mass is 16.5. The van der Waals surface area contributed by atoms with E-state index in [-0.39, 0.29) is 6.04 Å². The lowest BCUT2D eigenvalue weighted by atomic mass is 10.1. The average molecular weight is 260 g/mol. The number of aromatic nitrogens is 3. The summed E-state index contributed by atoms with van der Waals surface area (Å²) in [6.07, 6.45) is 2.70. The first kappa shape index (κ1) is 13.7. The molecular weight excluding hydrogens is 240 g/mol. The van der Waals surface area contributed by atoms with Gasteiger partial charge in [-0.1, -0.05) is 23.4 Å². The Balaban J connectivity index is 2.18. The Morgan fingerprint density at radius 2 is 2.11 bits per heavy atom. The number of ether oxygens (including phenoxy) is 1. The summed E-state index contributed by atoms with van der Waals surface area (Å²) < 4.78 is 7.29. The number of hydrogen-bond acceptors (Lipinski definition) is 4. The van der Waals surface area contributed by atoms with Gasteiger partial charge in [0.1, 0.15) is 0 Å². The van der Waals surface area contributed by atoms with Gasteiger partial charge in [0.15, 0.2) is 0 Å². The normalized spacial score (nSPS) is 12.5. The molecule has 0 radical (unpaired) electrons. The van der Waals surface area contributed by atoms with Crippen LogP contribution in [0.15, 0.2) is 36.5 Å². The third kappa shape index (κ3) is 3.39. The van der Waals surface area contributed by atoms with Crippen LogP contribution in [0.25, 0.3) is 5.69 Å². The third-order valence-corrected chi connectivity index (χ3v) is 3.04. The Morgan fingerprint density at radius 3 is 2.79 bits per heavy atom. The molecule has 0 saturated heterocycles. The van der Waals surface area contributed by atoms with Crippen LogP contribution in [0, 0.1) is 0 Å². The van der Waals surface area contributed by atoms with E-state index >= 15 is 0 Å². The molecule has 5 nitrogen and oxygen atoms in total. The number of rotatable bonds is 7. The molecule has 2 rings (SSSR count). The minimum Gasteiger partial charge on any atom is -0.382 e. The lowest BCUT2D eigenvalue weighted by molar-refractivity contribution is 0.136. The maximum Gasteiger partial charge on any atom is 0.0815 e. The Kier molecular flexibility index (Phi) is 5.06. The van der Waals surface area contributed by atoms with Crippen LogP contribution in [-0.4, -0.2) is 35.3 Å². The number of nitrogens with zero attached hydrogens (tertiary/aromatic N) is 3. The molecule has 1 aromatic carbocycles. The second-order valence-corrected chi connectivity index (χ2v) is 4.23. The van der Waals surface area contributed by atoms with E-state index in [0.29, 0.717) is 0 Å². The van der Waals surface area contributed by atoms with E-state index in [1.807, 2.05) is 49.0 Å². The topological polar surface area (TPSA) is 52.0 Å². The Bertz CT molecular complexity index is 483. The van der Waals surface area contributed by atoms with Crippen molar-refractivity contribution in [1.82, 2.24) is 20.3 Å². The third-order valence-electron chi connectivity index (χ3n) is 3.04. The van der Waals surface area contributed by atoms with Crippen molar-refractivity contribution < 1.29 is 4.74 Å². The molecule has 1 atom stereocenters. The van der Waals surface area contributed by atoms with Crippen molar-refractivity contribution in [3.05, 3.63) is 42.2 Å². The molecular formula is C14H20N4O. The fraction of sp³-hybridized carbons (Fsp3) is 0.429. The summed E-state index contributed by atoms with van der Waals surface area (Å²) in [6, 6.07) is 10.2. The van der Waals surface area contributed by atoms with Gasteiger partial charge in [-0.15, -0.1) is 5.10 Å². The minimum absolute atomic E-state index is 0.182. The van der Waals surface area contributed by atoms with E-state index in [1.54, 1.807) is 6.20 Å². The van der Waals surface area contributed by atoms with Crippen LogP contribution in [0.4, 0.5) is 0 Å². The fourth-order valence-corrected chi connectivity index (χ4v) is 2.04. The smallest absolute Gasteiger partial charge is 0.0815 e. The standard InChI is InChI=1S/C14H20N4O/c1-3-19-10-9-13(15-2)14-11-16-17-18(14)12-7-5-4-6-8-12/h4-8,11,13,15H,3,9-10H2,1-2H3. The summed E-state index contributed by atoms with van der Waals surface area (Å²) in [6.45, 7) is 3.47. The summed E-state index contributed by atoms with van der Waals surface area (Å²) >= 11 is 0. The highest BCUT2D eigenvalue weighted by Crippen LogP contribution is 2.18. The van der Waals surface area contributed by atoms with Gasteiger partial charge in [-0.3, -0.25) is 0 Å². The van der Waals surface area contributed by atoms with E-state index in [4.69, 9.17) is 4.74 Å². The SMILES string of the molecule is CCOCCC(NC)c1cnnn1-c1ccccc1. The second kappa shape index (κ2) is 7.01. The first-order valence-electron chi connectivity index (χ1n) is 6.57. The van der Waals surface area contributed by atoms with Crippen LogP contribution < -0.4 is 5.32 Å². The molecule has 19 heavy (non-hydrogen) atoms. The molecule has 0 aliphatic rings. The highest BCUT2D eigenvalue weighted by molar-refractivity contribution is 5.32. The van der Waals surface area contributed by atoms with Crippen molar-refractivity contribution in [2.45, 2.75) is 19.4 Å². The lowest BCUT2D eigenvalue weighted by Crippen LogP contribution is -2.21. The molecule has 5 heteroatoms. The van der Waals surface area contributed by atoms with Crippen LogP contribution in [0.1, 0.15) is 25.1 Å².